The normalized spacial score (nSPS) is 11.4. The molecule has 0 saturated carbocycles. The Morgan fingerprint density at radius 3 is 2.38 bits per heavy atom. The van der Waals surface area contributed by atoms with Gasteiger partial charge in [0.15, 0.2) is 0 Å². The van der Waals surface area contributed by atoms with Crippen LogP contribution in [0, 0.1) is 0 Å². The summed E-state index contributed by atoms with van der Waals surface area (Å²) in [5.41, 5.74) is 7.82. The molecule has 2 aromatic rings. The van der Waals surface area contributed by atoms with E-state index < -0.39 is 10.0 Å². The van der Waals surface area contributed by atoms with Gasteiger partial charge >= 0.3 is 0 Å². The van der Waals surface area contributed by atoms with Crippen LogP contribution in [0.25, 0.3) is 0 Å². The molecule has 2 rings (SSSR count). The van der Waals surface area contributed by atoms with Crippen molar-refractivity contribution in [2.45, 2.75) is 24.8 Å². The minimum atomic E-state index is -3.65. The zero-order valence-electron chi connectivity index (χ0n) is 11.6. The number of rotatable bonds is 5. The lowest BCUT2D eigenvalue weighted by Crippen LogP contribution is -2.13. The predicted octanol–water partition coefficient (Wildman–Crippen LogP) is 3.16. The Hall–Kier alpha value is -1.56. The highest BCUT2D eigenvalue weighted by Crippen LogP contribution is 2.22. The Labute approximate surface area is 130 Å². The van der Waals surface area contributed by atoms with Crippen LogP contribution in [-0.2, 0) is 23.0 Å². The van der Waals surface area contributed by atoms with Gasteiger partial charge < -0.3 is 5.73 Å². The van der Waals surface area contributed by atoms with Gasteiger partial charge in [0, 0.05) is 17.3 Å². The standard InChI is InChI=1S/C15H17ClN2O2S/c1-2-11-3-5-13(6-4-11)18-21(19,20)14-7-8-15(16)12(9-14)10-17/h3-9,18H,2,10,17H2,1H3. The van der Waals surface area contributed by atoms with Crippen LogP contribution in [0.4, 0.5) is 5.69 Å². The maximum Gasteiger partial charge on any atom is 0.261 e. The molecule has 0 fully saturated rings. The second-order valence-electron chi connectivity index (χ2n) is 4.61. The number of nitrogens with two attached hydrogens (primary N) is 1. The average molecular weight is 325 g/mol. The first-order chi connectivity index (χ1) is 9.96. The number of aryl methyl sites for hydroxylation is 1. The molecule has 0 aliphatic carbocycles. The summed E-state index contributed by atoms with van der Waals surface area (Å²) >= 11 is 5.94. The second-order valence-corrected chi connectivity index (χ2v) is 6.70. The van der Waals surface area contributed by atoms with E-state index in [1.807, 2.05) is 19.1 Å². The van der Waals surface area contributed by atoms with E-state index in [2.05, 4.69) is 4.72 Å². The number of anilines is 1. The quantitative estimate of drug-likeness (QED) is 0.887. The lowest BCUT2D eigenvalue weighted by atomic mass is 10.2. The lowest BCUT2D eigenvalue weighted by molar-refractivity contribution is 0.601. The smallest absolute Gasteiger partial charge is 0.261 e. The molecule has 112 valence electrons. The van der Waals surface area contributed by atoms with Crippen LogP contribution in [-0.4, -0.2) is 8.42 Å². The van der Waals surface area contributed by atoms with Crippen molar-refractivity contribution in [2.75, 3.05) is 4.72 Å². The molecule has 0 heterocycles. The van der Waals surface area contributed by atoms with Crippen LogP contribution in [0.3, 0.4) is 0 Å². The molecule has 4 nitrogen and oxygen atoms in total. The van der Waals surface area contributed by atoms with Crippen LogP contribution < -0.4 is 10.5 Å². The molecule has 0 unspecified atom stereocenters. The van der Waals surface area contributed by atoms with Crippen LogP contribution in [0.1, 0.15) is 18.1 Å². The van der Waals surface area contributed by atoms with Crippen LogP contribution >= 0.6 is 11.6 Å². The molecule has 0 radical (unpaired) electrons. The van der Waals surface area contributed by atoms with Crippen molar-refractivity contribution >= 4 is 27.3 Å². The maximum absolute atomic E-state index is 12.3. The summed E-state index contributed by atoms with van der Waals surface area (Å²) in [4.78, 5) is 0.145. The molecule has 21 heavy (non-hydrogen) atoms. The van der Waals surface area contributed by atoms with Crippen molar-refractivity contribution < 1.29 is 8.42 Å². The molecule has 0 spiro atoms. The van der Waals surface area contributed by atoms with Gasteiger partial charge in [0.25, 0.3) is 10.0 Å². The van der Waals surface area contributed by atoms with Crippen molar-refractivity contribution in [3.05, 3.63) is 58.6 Å². The summed E-state index contributed by atoms with van der Waals surface area (Å²) in [6, 6.07) is 11.8. The molecule has 0 saturated heterocycles. The fourth-order valence-electron chi connectivity index (χ4n) is 1.90. The van der Waals surface area contributed by atoms with Gasteiger partial charge in [0.1, 0.15) is 0 Å². The zero-order valence-corrected chi connectivity index (χ0v) is 13.2. The number of hydrogen-bond donors (Lipinski definition) is 2. The van der Waals surface area contributed by atoms with Crippen molar-refractivity contribution in [3.8, 4) is 0 Å². The van der Waals surface area contributed by atoms with E-state index in [1.165, 1.54) is 12.1 Å². The third-order valence-corrected chi connectivity index (χ3v) is 4.91. The average Bonchev–Trinajstić information content (AvgIpc) is 2.48. The molecule has 2 aromatic carbocycles. The first-order valence-electron chi connectivity index (χ1n) is 6.56. The largest absolute Gasteiger partial charge is 0.326 e. The highest BCUT2D eigenvalue weighted by Gasteiger charge is 2.15. The molecule has 0 bridgehead atoms. The van der Waals surface area contributed by atoms with E-state index >= 15 is 0 Å². The van der Waals surface area contributed by atoms with E-state index in [9.17, 15) is 8.42 Å². The van der Waals surface area contributed by atoms with Gasteiger partial charge in [-0.25, -0.2) is 8.42 Å². The monoisotopic (exact) mass is 324 g/mol. The van der Waals surface area contributed by atoms with Crippen molar-refractivity contribution in [2.24, 2.45) is 5.73 Å². The first-order valence-corrected chi connectivity index (χ1v) is 8.42. The lowest BCUT2D eigenvalue weighted by Gasteiger charge is -2.10. The minimum Gasteiger partial charge on any atom is -0.326 e. The summed E-state index contributed by atoms with van der Waals surface area (Å²) < 4.78 is 27.2. The number of sulfonamides is 1. The van der Waals surface area contributed by atoms with Crippen LogP contribution in [0.15, 0.2) is 47.4 Å². The van der Waals surface area contributed by atoms with Gasteiger partial charge in [-0.15, -0.1) is 0 Å². The van der Waals surface area contributed by atoms with Gasteiger partial charge in [-0.1, -0.05) is 30.7 Å². The maximum atomic E-state index is 12.3. The number of hydrogen-bond acceptors (Lipinski definition) is 3. The van der Waals surface area contributed by atoms with Crippen LogP contribution in [0.5, 0.6) is 0 Å². The van der Waals surface area contributed by atoms with Crippen molar-refractivity contribution in [3.63, 3.8) is 0 Å². The number of nitrogens with one attached hydrogen (secondary N) is 1. The Morgan fingerprint density at radius 1 is 1.14 bits per heavy atom. The fraction of sp³-hybridized carbons (Fsp3) is 0.200. The van der Waals surface area contributed by atoms with E-state index in [1.54, 1.807) is 18.2 Å². The molecule has 3 N–H and O–H groups in total. The summed E-state index contributed by atoms with van der Waals surface area (Å²) in [6.45, 7) is 2.23. The van der Waals surface area contributed by atoms with Crippen LogP contribution in [0.2, 0.25) is 5.02 Å². The van der Waals surface area contributed by atoms with Gasteiger partial charge in [-0.2, -0.15) is 0 Å². The highest BCUT2D eigenvalue weighted by atomic mass is 35.5. The van der Waals surface area contributed by atoms with E-state index in [-0.39, 0.29) is 11.4 Å². The highest BCUT2D eigenvalue weighted by molar-refractivity contribution is 7.92. The molecule has 0 aliphatic rings. The van der Waals surface area contributed by atoms with Gasteiger partial charge in [-0.3, -0.25) is 4.72 Å². The Bertz CT molecular complexity index is 728. The SMILES string of the molecule is CCc1ccc(NS(=O)(=O)c2ccc(Cl)c(CN)c2)cc1. The van der Waals surface area contributed by atoms with E-state index in [4.69, 9.17) is 17.3 Å². The Kier molecular flexibility index (Phi) is 4.88. The first kappa shape index (κ1) is 15.8. The number of benzene rings is 2. The topological polar surface area (TPSA) is 72.2 Å². The molecule has 0 atom stereocenters. The summed E-state index contributed by atoms with van der Waals surface area (Å²) in [7, 11) is -3.65. The molecule has 0 amide bonds. The summed E-state index contributed by atoms with van der Waals surface area (Å²) in [5.74, 6) is 0. The zero-order chi connectivity index (χ0) is 15.5. The summed E-state index contributed by atoms with van der Waals surface area (Å²) in [5, 5.41) is 0.462. The van der Waals surface area contributed by atoms with Gasteiger partial charge in [0.2, 0.25) is 0 Å². The van der Waals surface area contributed by atoms with E-state index in [0.29, 0.717) is 16.3 Å². The van der Waals surface area contributed by atoms with Crippen molar-refractivity contribution in [1.82, 2.24) is 0 Å². The third-order valence-electron chi connectivity index (χ3n) is 3.16. The van der Waals surface area contributed by atoms with Gasteiger partial charge in [0.05, 0.1) is 4.90 Å². The predicted molar refractivity (Wildman–Crippen MR) is 86.0 cm³/mol. The molecular formula is C15H17ClN2O2S. The second kappa shape index (κ2) is 6.47. The Balaban J connectivity index is 2.29. The fourth-order valence-corrected chi connectivity index (χ4v) is 3.20. The molecule has 0 aromatic heterocycles. The third kappa shape index (κ3) is 3.75. The molecular weight excluding hydrogens is 308 g/mol. The van der Waals surface area contributed by atoms with E-state index in [0.717, 1.165) is 12.0 Å². The summed E-state index contributed by atoms with van der Waals surface area (Å²) in [6.07, 6.45) is 0.907. The minimum absolute atomic E-state index is 0.145. The number of halogens is 1. The molecule has 0 aliphatic heterocycles. The molecule has 6 heteroatoms. The van der Waals surface area contributed by atoms with Gasteiger partial charge in [-0.05, 0) is 47.9 Å². The Morgan fingerprint density at radius 2 is 1.81 bits per heavy atom. The van der Waals surface area contributed by atoms with Crippen molar-refractivity contribution in [1.29, 1.82) is 0 Å².